The second kappa shape index (κ2) is 7.73. The van der Waals surface area contributed by atoms with Gasteiger partial charge in [0.15, 0.2) is 0 Å². The van der Waals surface area contributed by atoms with Crippen LogP contribution < -0.4 is 5.32 Å². The number of carbonyl (C=O) groups excluding carboxylic acids is 4. The molecule has 1 aromatic carbocycles. The fourth-order valence-electron chi connectivity index (χ4n) is 2.75. The Labute approximate surface area is 157 Å². The van der Waals surface area contributed by atoms with Gasteiger partial charge in [-0.1, -0.05) is 36.9 Å². The summed E-state index contributed by atoms with van der Waals surface area (Å²) in [5.74, 6) is -3.62. The number of benzene rings is 1. The molecule has 0 spiro atoms. The molecule has 1 amide bonds. The van der Waals surface area contributed by atoms with Crippen LogP contribution in [0.15, 0.2) is 42.5 Å². The maximum atomic E-state index is 12.9. The van der Waals surface area contributed by atoms with E-state index in [1.807, 2.05) is 6.07 Å². The summed E-state index contributed by atoms with van der Waals surface area (Å²) >= 11 is 0. The smallest absolute Gasteiger partial charge is 0.348 e. The molecule has 144 valence electrons. The molecule has 0 unspecified atom stereocenters. The second-order valence-electron chi connectivity index (χ2n) is 7.28. The molecular formula is C20H23NO6. The van der Waals surface area contributed by atoms with Crippen LogP contribution in [0.4, 0.5) is 0 Å². The highest BCUT2D eigenvalue weighted by atomic mass is 16.6. The van der Waals surface area contributed by atoms with Gasteiger partial charge in [-0.15, -0.1) is 0 Å². The quantitative estimate of drug-likeness (QED) is 0.353. The lowest BCUT2D eigenvalue weighted by atomic mass is 9.85. The third kappa shape index (κ3) is 4.24. The molecule has 1 N–H and O–H groups in total. The molecule has 7 nitrogen and oxygen atoms in total. The molecule has 2 rings (SSSR count). The standard InChI is InChI=1S/C20H23NO6/c1-13-15(10-11-22)16(23)21-20(13,18(25)27-19(2,3)4)17(24)26-12-14-8-6-5-7-9-14/h5-9,11,15H,1,10,12H2,2-4H3,(H,21,23)/t15-,20+/m1/s1. The third-order valence-corrected chi connectivity index (χ3v) is 4.09. The molecule has 1 aliphatic heterocycles. The van der Waals surface area contributed by atoms with E-state index in [-0.39, 0.29) is 18.6 Å². The predicted molar refractivity (Wildman–Crippen MR) is 96.3 cm³/mol. The summed E-state index contributed by atoms with van der Waals surface area (Å²) in [5.41, 5.74) is -2.42. The SMILES string of the molecule is C=C1[C@@H](CC=O)C(=O)N[C@@]1(C(=O)OCc1ccccc1)C(=O)OC(C)(C)C. The number of aldehydes is 1. The fraction of sp³-hybridized carbons (Fsp3) is 0.400. The van der Waals surface area contributed by atoms with Gasteiger partial charge < -0.3 is 19.6 Å². The van der Waals surface area contributed by atoms with Crippen molar-refractivity contribution < 1.29 is 28.7 Å². The van der Waals surface area contributed by atoms with Crippen LogP contribution >= 0.6 is 0 Å². The monoisotopic (exact) mass is 373 g/mol. The van der Waals surface area contributed by atoms with Gasteiger partial charge in [0.2, 0.25) is 5.91 Å². The lowest BCUT2D eigenvalue weighted by Crippen LogP contribution is -2.59. The van der Waals surface area contributed by atoms with Crippen LogP contribution in [0, 0.1) is 5.92 Å². The number of amides is 1. The van der Waals surface area contributed by atoms with E-state index < -0.39 is 34.9 Å². The molecule has 27 heavy (non-hydrogen) atoms. The maximum absolute atomic E-state index is 12.9. The van der Waals surface area contributed by atoms with Crippen LogP contribution in [-0.4, -0.2) is 35.3 Å². The number of carbonyl (C=O) groups is 4. The Hall–Kier alpha value is -2.96. The van der Waals surface area contributed by atoms with Gasteiger partial charge in [-0.2, -0.15) is 0 Å². The highest BCUT2D eigenvalue weighted by molar-refractivity contribution is 6.15. The molecule has 1 fully saturated rings. The Kier molecular flexibility index (Phi) is 5.83. The van der Waals surface area contributed by atoms with E-state index in [1.54, 1.807) is 45.0 Å². The lowest BCUT2D eigenvalue weighted by Gasteiger charge is -2.30. The van der Waals surface area contributed by atoms with E-state index in [2.05, 4.69) is 11.9 Å². The van der Waals surface area contributed by atoms with E-state index >= 15 is 0 Å². The van der Waals surface area contributed by atoms with E-state index in [0.29, 0.717) is 11.8 Å². The molecular weight excluding hydrogens is 350 g/mol. The van der Waals surface area contributed by atoms with Crippen LogP contribution in [0.1, 0.15) is 32.8 Å². The molecule has 1 aliphatic rings. The van der Waals surface area contributed by atoms with Crippen LogP contribution in [0.5, 0.6) is 0 Å². The minimum Gasteiger partial charge on any atom is -0.458 e. The number of nitrogens with one attached hydrogen (secondary N) is 1. The van der Waals surface area contributed by atoms with Gasteiger partial charge in [0.1, 0.15) is 18.5 Å². The van der Waals surface area contributed by atoms with Crippen LogP contribution in [0.25, 0.3) is 0 Å². The van der Waals surface area contributed by atoms with Crippen molar-refractivity contribution in [1.29, 1.82) is 0 Å². The van der Waals surface area contributed by atoms with Crippen molar-refractivity contribution in [2.75, 3.05) is 0 Å². The Morgan fingerprint density at radius 1 is 1.22 bits per heavy atom. The maximum Gasteiger partial charge on any atom is 0.348 e. The first kappa shape index (κ1) is 20.4. The third-order valence-electron chi connectivity index (χ3n) is 4.09. The number of rotatable bonds is 6. The van der Waals surface area contributed by atoms with Gasteiger partial charge in [0.05, 0.1) is 5.92 Å². The zero-order valence-electron chi connectivity index (χ0n) is 15.6. The van der Waals surface area contributed by atoms with Crippen LogP contribution in [0.3, 0.4) is 0 Å². The average molecular weight is 373 g/mol. The van der Waals surface area contributed by atoms with Gasteiger partial charge in [-0.3, -0.25) is 4.79 Å². The fourth-order valence-corrected chi connectivity index (χ4v) is 2.75. The van der Waals surface area contributed by atoms with Gasteiger partial charge in [-0.05, 0) is 31.9 Å². The van der Waals surface area contributed by atoms with E-state index in [9.17, 15) is 19.2 Å². The molecule has 0 saturated carbocycles. The topological polar surface area (TPSA) is 98.8 Å². The summed E-state index contributed by atoms with van der Waals surface area (Å²) in [6, 6.07) is 8.89. The summed E-state index contributed by atoms with van der Waals surface area (Å²) in [6.07, 6.45) is 0.344. The largest absolute Gasteiger partial charge is 0.458 e. The zero-order chi connectivity index (χ0) is 20.2. The molecule has 0 radical (unpaired) electrons. The number of hydrogen-bond acceptors (Lipinski definition) is 6. The molecule has 1 saturated heterocycles. The Morgan fingerprint density at radius 3 is 2.41 bits per heavy atom. The summed E-state index contributed by atoms with van der Waals surface area (Å²) in [7, 11) is 0. The average Bonchev–Trinajstić information content (AvgIpc) is 2.85. The molecule has 0 bridgehead atoms. The first-order valence-corrected chi connectivity index (χ1v) is 8.51. The lowest BCUT2D eigenvalue weighted by molar-refractivity contribution is -0.171. The Morgan fingerprint density at radius 2 is 1.85 bits per heavy atom. The Balaban J connectivity index is 2.33. The van der Waals surface area contributed by atoms with Crippen LogP contribution in [0.2, 0.25) is 0 Å². The van der Waals surface area contributed by atoms with Gasteiger partial charge in [0, 0.05) is 6.42 Å². The number of hydrogen-bond donors (Lipinski definition) is 1. The molecule has 1 heterocycles. The van der Waals surface area contributed by atoms with Crippen molar-refractivity contribution in [2.24, 2.45) is 5.92 Å². The Bertz CT molecular complexity index is 764. The minimum atomic E-state index is -2.17. The summed E-state index contributed by atoms with van der Waals surface area (Å²) in [4.78, 5) is 48.9. The molecule has 0 aromatic heterocycles. The summed E-state index contributed by atoms with van der Waals surface area (Å²) in [5, 5.41) is 2.36. The molecule has 0 aliphatic carbocycles. The van der Waals surface area contributed by atoms with Gasteiger partial charge in [-0.25, -0.2) is 9.59 Å². The van der Waals surface area contributed by atoms with Crippen molar-refractivity contribution in [3.8, 4) is 0 Å². The van der Waals surface area contributed by atoms with Gasteiger partial charge in [0.25, 0.3) is 5.54 Å². The van der Waals surface area contributed by atoms with Crippen molar-refractivity contribution in [3.63, 3.8) is 0 Å². The van der Waals surface area contributed by atoms with Crippen LogP contribution in [-0.2, 0) is 35.3 Å². The minimum absolute atomic E-state index is 0.0492. The molecule has 1 aromatic rings. The van der Waals surface area contributed by atoms with E-state index in [4.69, 9.17) is 9.47 Å². The van der Waals surface area contributed by atoms with Crippen molar-refractivity contribution in [2.45, 2.75) is 44.9 Å². The number of esters is 2. The summed E-state index contributed by atoms with van der Waals surface area (Å²) < 4.78 is 10.6. The highest BCUT2D eigenvalue weighted by Crippen LogP contribution is 2.35. The highest BCUT2D eigenvalue weighted by Gasteiger charge is 2.61. The second-order valence-corrected chi connectivity index (χ2v) is 7.28. The van der Waals surface area contributed by atoms with Crippen molar-refractivity contribution >= 4 is 24.1 Å². The first-order valence-electron chi connectivity index (χ1n) is 8.51. The first-order chi connectivity index (χ1) is 12.6. The van der Waals surface area contributed by atoms with Crippen molar-refractivity contribution in [1.82, 2.24) is 5.32 Å². The van der Waals surface area contributed by atoms with E-state index in [1.165, 1.54) is 0 Å². The molecule has 7 heteroatoms. The van der Waals surface area contributed by atoms with Crippen molar-refractivity contribution in [3.05, 3.63) is 48.0 Å². The normalized spacial score (nSPS) is 22.1. The zero-order valence-corrected chi connectivity index (χ0v) is 15.6. The number of ether oxygens (including phenoxy) is 2. The molecule has 2 atom stereocenters. The van der Waals surface area contributed by atoms with Gasteiger partial charge >= 0.3 is 11.9 Å². The predicted octanol–water partition coefficient (Wildman–Crippen LogP) is 1.70. The summed E-state index contributed by atoms with van der Waals surface area (Å²) in [6.45, 7) is 8.56. The van der Waals surface area contributed by atoms with E-state index in [0.717, 1.165) is 0 Å².